The highest BCUT2D eigenvalue weighted by Gasteiger charge is 2.44. The van der Waals surface area contributed by atoms with Crippen LogP contribution in [-0.2, 0) is 25.8 Å². The lowest BCUT2D eigenvalue weighted by atomic mass is 9.72. The average Bonchev–Trinajstić information content (AvgIpc) is 3.19. The number of likely N-dealkylation sites (tertiary alicyclic amines) is 1. The number of rotatable bonds is 10. The third kappa shape index (κ3) is 9.41. The van der Waals surface area contributed by atoms with E-state index in [9.17, 15) is 23.1 Å². The lowest BCUT2D eigenvalue weighted by molar-refractivity contribution is -0.132. The molecule has 0 bridgehead atoms. The van der Waals surface area contributed by atoms with E-state index in [-0.39, 0.29) is 42.1 Å². The number of hydrogen-bond acceptors (Lipinski definition) is 7. The molecule has 2 aliphatic heterocycles. The molecule has 242 valence electrons. The van der Waals surface area contributed by atoms with E-state index >= 15 is 0 Å². The fraction of sp³-hybridized carbons (Fsp3) is 0.758. The Morgan fingerprint density at radius 3 is 2.40 bits per heavy atom. The van der Waals surface area contributed by atoms with Crippen molar-refractivity contribution in [3.05, 3.63) is 35.9 Å². The molecule has 2 amide bonds. The van der Waals surface area contributed by atoms with Gasteiger partial charge in [-0.2, -0.15) is 0 Å². The van der Waals surface area contributed by atoms with E-state index < -0.39 is 39.4 Å². The van der Waals surface area contributed by atoms with Gasteiger partial charge in [0.05, 0.1) is 29.2 Å². The van der Waals surface area contributed by atoms with Crippen LogP contribution >= 0.6 is 0 Å². The summed E-state index contributed by atoms with van der Waals surface area (Å²) in [5.41, 5.74) is 0.577. The van der Waals surface area contributed by atoms with E-state index in [1.807, 2.05) is 65.0 Å². The van der Waals surface area contributed by atoms with Crippen molar-refractivity contribution in [2.24, 2.45) is 17.8 Å². The van der Waals surface area contributed by atoms with Gasteiger partial charge in [-0.15, -0.1) is 0 Å². The molecule has 2 heterocycles. The van der Waals surface area contributed by atoms with Gasteiger partial charge < -0.3 is 20.5 Å². The minimum Gasteiger partial charge on any atom is -0.445 e. The average molecular weight is 620 g/mol. The minimum absolute atomic E-state index is 0.00748. The summed E-state index contributed by atoms with van der Waals surface area (Å²) in [7, 11) is -3.33. The fourth-order valence-electron chi connectivity index (χ4n) is 7.22. The molecular formula is C33H53N3O6S. The van der Waals surface area contributed by atoms with Crippen molar-refractivity contribution in [3.8, 4) is 0 Å². The van der Waals surface area contributed by atoms with Gasteiger partial charge in [0.25, 0.3) is 0 Å². The number of fused-ring (bicyclic) bond motifs is 1. The van der Waals surface area contributed by atoms with E-state index in [0.29, 0.717) is 24.7 Å². The van der Waals surface area contributed by atoms with Crippen LogP contribution < -0.4 is 10.6 Å². The van der Waals surface area contributed by atoms with Gasteiger partial charge in [0.1, 0.15) is 6.10 Å². The predicted octanol–water partition coefficient (Wildman–Crippen LogP) is 4.08. The summed E-state index contributed by atoms with van der Waals surface area (Å²) in [4.78, 5) is 28.9. The van der Waals surface area contributed by atoms with Gasteiger partial charge in [-0.05, 0) is 76.2 Å². The predicted molar refractivity (Wildman–Crippen MR) is 168 cm³/mol. The number of hydrogen-bond donors (Lipinski definition) is 3. The van der Waals surface area contributed by atoms with Crippen molar-refractivity contribution >= 4 is 21.8 Å². The summed E-state index contributed by atoms with van der Waals surface area (Å²) >= 11 is 0. The van der Waals surface area contributed by atoms with Gasteiger partial charge in [-0.1, -0.05) is 63.4 Å². The van der Waals surface area contributed by atoms with Crippen molar-refractivity contribution in [2.75, 3.05) is 18.8 Å². The molecular weight excluding hydrogens is 566 g/mol. The summed E-state index contributed by atoms with van der Waals surface area (Å²) in [5.74, 6) is 1.14. The van der Waals surface area contributed by atoms with Gasteiger partial charge in [-0.25, -0.2) is 13.2 Å². The van der Waals surface area contributed by atoms with Crippen LogP contribution in [0.5, 0.6) is 0 Å². The Hall–Kier alpha value is -2.17. The van der Waals surface area contributed by atoms with Crippen molar-refractivity contribution in [1.82, 2.24) is 15.5 Å². The Balaban J connectivity index is 1.50. The lowest BCUT2D eigenvalue weighted by Crippen LogP contribution is -2.60. The molecule has 3 aliphatic rings. The number of sulfone groups is 1. The maximum atomic E-state index is 13.5. The number of carbonyl (C=O) groups excluding carboxylic acids is 2. The number of benzene rings is 1. The molecule has 1 unspecified atom stereocenters. The summed E-state index contributed by atoms with van der Waals surface area (Å²) < 4.78 is 31.1. The molecule has 0 radical (unpaired) electrons. The van der Waals surface area contributed by atoms with Crippen molar-refractivity contribution in [2.45, 2.75) is 121 Å². The zero-order chi connectivity index (χ0) is 31.4. The second kappa shape index (κ2) is 14.3. The van der Waals surface area contributed by atoms with Gasteiger partial charge in [0.2, 0.25) is 5.91 Å². The van der Waals surface area contributed by atoms with Crippen LogP contribution in [0.2, 0.25) is 0 Å². The Kier molecular flexibility index (Phi) is 11.2. The van der Waals surface area contributed by atoms with Crippen molar-refractivity contribution < 1.29 is 27.9 Å². The number of amides is 2. The molecule has 1 aromatic rings. The second-order valence-corrected chi connectivity index (χ2v) is 16.9. The third-order valence-corrected chi connectivity index (χ3v) is 11.5. The van der Waals surface area contributed by atoms with Crippen LogP contribution in [0.25, 0.3) is 0 Å². The Bertz CT molecular complexity index is 1180. The first-order valence-electron chi connectivity index (χ1n) is 16.2. The summed E-state index contributed by atoms with van der Waals surface area (Å²) in [6.45, 7) is 10.8. The summed E-state index contributed by atoms with van der Waals surface area (Å²) in [6, 6.07) is 8.60. The second-order valence-electron chi connectivity index (χ2n) is 14.5. The highest BCUT2D eigenvalue weighted by atomic mass is 32.2. The number of aliphatic hydroxyl groups excluding tert-OH is 1. The molecule has 10 heteroatoms. The fourth-order valence-corrected chi connectivity index (χ4v) is 9.41. The Morgan fingerprint density at radius 1 is 1.07 bits per heavy atom. The first-order valence-corrected chi connectivity index (χ1v) is 17.9. The number of β-amino-alcohol motifs (C(OH)–C–C–N with tert-alkyl or cyclic N) is 1. The van der Waals surface area contributed by atoms with Crippen LogP contribution in [0.4, 0.5) is 4.79 Å². The molecule has 7 atom stereocenters. The van der Waals surface area contributed by atoms with Crippen LogP contribution in [-0.4, -0.2) is 84.3 Å². The summed E-state index contributed by atoms with van der Waals surface area (Å²) in [6.07, 6.45) is 4.10. The van der Waals surface area contributed by atoms with Gasteiger partial charge in [0.15, 0.2) is 9.84 Å². The van der Waals surface area contributed by atoms with E-state index in [1.165, 1.54) is 12.8 Å². The highest BCUT2D eigenvalue weighted by Crippen LogP contribution is 2.39. The molecule has 1 aromatic carbocycles. The Morgan fingerprint density at radius 2 is 1.74 bits per heavy atom. The van der Waals surface area contributed by atoms with Crippen LogP contribution in [0, 0.1) is 17.8 Å². The molecule has 9 nitrogen and oxygen atoms in total. The van der Waals surface area contributed by atoms with E-state index in [0.717, 1.165) is 31.4 Å². The standard InChI is InChI=1S/C33H53N3O6S/c1-22(2)17-30-29(15-16-43(30,40)41)42-32(39)34-26(18-23-11-7-6-8-12-23)28(37)21-36-20-25-14-10-9-13-24(25)19-27(36)31(38)35-33(3,4)5/h6-8,11-12,22,24-30,37H,9-10,13-21H2,1-5H3,(H,34,39)(H,35,38)/t24-,25+,26-,27?,28+,29+,30+/m0/s1. The molecule has 3 fully saturated rings. The monoisotopic (exact) mass is 619 g/mol. The largest absolute Gasteiger partial charge is 0.445 e. The lowest BCUT2D eigenvalue weighted by Gasteiger charge is -2.47. The quantitative estimate of drug-likeness (QED) is 0.361. The molecule has 1 saturated carbocycles. The van der Waals surface area contributed by atoms with E-state index in [1.54, 1.807) is 0 Å². The first kappa shape index (κ1) is 33.7. The van der Waals surface area contributed by atoms with Crippen molar-refractivity contribution in [1.29, 1.82) is 0 Å². The van der Waals surface area contributed by atoms with Crippen LogP contribution in [0.15, 0.2) is 30.3 Å². The van der Waals surface area contributed by atoms with E-state index in [4.69, 9.17) is 4.74 Å². The molecule has 3 N–H and O–H groups in total. The molecule has 4 rings (SSSR count). The number of ether oxygens (including phenoxy) is 1. The third-order valence-electron chi connectivity index (χ3n) is 9.32. The number of nitrogens with zero attached hydrogens (tertiary/aromatic N) is 1. The zero-order valence-electron chi connectivity index (χ0n) is 26.6. The molecule has 43 heavy (non-hydrogen) atoms. The summed E-state index contributed by atoms with van der Waals surface area (Å²) in [5, 5.41) is 17.0. The number of piperidine rings is 1. The normalized spacial score (nSPS) is 29.0. The molecule has 2 saturated heterocycles. The van der Waals surface area contributed by atoms with Crippen molar-refractivity contribution in [3.63, 3.8) is 0 Å². The number of carbonyl (C=O) groups is 2. The molecule has 1 aliphatic carbocycles. The van der Waals surface area contributed by atoms with Crippen LogP contribution in [0.3, 0.4) is 0 Å². The maximum absolute atomic E-state index is 13.5. The highest BCUT2D eigenvalue weighted by molar-refractivity contribution is 7.92. The first-order chi connectivity index (χ1) is 20.2. The van der Waals surface area contributed by atoms with Gasteiger partial charge in [0, 0.05) is 18.6 Å². The molecule has 0 spiro atoms. The number of aliphatic hydroxyl groups is 1. The number of nitrogens with one attached hydrogen (secondary N) is 2. The minimum atomic E-state index is -3.33. The number of alkyl carbamates (subject to hydrolysis) is 1. The molecule has 0 aromatic heterocycles. The zero-order valence-corrected chi connectivity index (χ0v) is 27.4. The maximum Gasteiger partial charge on any atom is 0.407 e. The van der Waals surface area contributed by atoms with E-state index in [2.05, 4.69) is 15.5 Å². The SMILES string of the molecule is CC(C)C[C@@H]1[C@H](OC(=O)N[C@@H](Cc2ccccc2)[C@H](O)CN2C[C@H]3CCCC[C@H]3CC2C(=O)NC(C)(C)C)CCS1(=O)=O. The van der Waals surface area contributed by atoms with Gasteiger partial charge >= 0.3 is 6.09 Å². The Labute approximate surface area is 258 Å². The van der Waals surface area contributed by atoms with Crippen LogP contribution in [0.1, 0.15) is 85.1 Å². The smallest absolute Gasteiger partial charge is 0.407 e. The topological polar surface area (TPSA) is 125 Å². The van der Waals surface area contributed by atoms with Gasteiger partial charge in [-0.3, -0.25) is 9.69 Å².